The number of amides is 1. The van der Waals surface area contributed by atoms with E-state index in [4.69, 9.17) is 10.00 Å². The third kappa shape index (κ3) is 3.07. The Bertz CT molecular complexity index is 537. The minimum absolute atomic E-state index is 0.225. The summed E-state index contributed by atoms with van der Waals surface area (Å²) in [4.78, 5) is 11.8. The predicted molar refractivity (Wildman–Crippen MR) is 74.6 cm³/mol. The molecule has 19 heavy (non-hydrogen) atoms. The van der Waals surface area contributed by atoms with Gasteiger partial charge in [0.2, 0.25) is 5.91 Å². The Labute approximate surface area is 120 Å². The molecule has 100 valence electrons. The molecule has 0 aromatic heterocycles. The molecular weight excluding hydrogens is 308 g/mol. The number of benzene rings is 1. The fraction of sp³-hybridized carbons (Fsp3) is 0.429. The fourth-order valence-corrected chi connectivity index (χ4v) is 2.67. The van der Waals surface area contributed by atoms with Gasteiger partial charge in [-0.15, -0.1) is 0 Å². The second kappa shape index (κ2) is 6.07. The molecule has 0 spiro atoms. The van der Waals surface area contributed by atoms with E-state index >= 15 is 0 Å². The number of hydrogen-bond donors (Lipinski definition) is 1. The summed E-state index contributed by atoms with van der Waals surface area (Å²) in [6.07, 6.45) is 1.42. The predicted octanol–water partition coefficient (Wildman–Crippen LogP) is 2.55. The summed E-state index contributed by atoms with van der Waals surface area (Å²) in [6, 6.07) is 5.98. The van der Waals surface area contributed by atoms with E-state index in [0.717, 1.165) is 27.8 Å². The lowest BCUT2D eigenvalue weighted by Gasteiger charge is -2.11. The zero-order chi connectivity index (χ0) is 13.8. The first kappa shape index (κ1) is 13.9. The number of carbonyl (C=O) groups is 1. The molecule has 1 aromatic carbocycles. The van der Waals surface area contributed by atoms with Crippen molar-refractivity contribution in [2.75, 3.05) is 6.61 Å². The SMILES string of the molecule is CCC(C#N)C(=O)NCc1cc(Br)cc2c1OCC2. The van der Waals surface area contributed by atoms with E-state index < -0.39 is 5.92 Å². The van der Waals surface area contributed by atoms with Crippen LogP contribution < -0.4 is 10.1 Å². The highest BCUT2D eigenvalue weighted by molar-refractivity contribution is 9.10. The number of fused-ring (bicyclic) bond motifs is 1. The summed E-state index contributed by atoms with van der Waals surface area (Å²) in [5.41, 5.74) is 2.11. The molecule has 4 nitrogen and oxygen atoms in total. The van der Waals surface area contributed by atoms with Crippen LogP contribution in [0.5, 0.6) is 5.75 Å². The van der Waals surface area contributed by atoms with Crippen LogP contribution in [0.4, 0.5) is 0 Å². The molecule has 2 rings (SSSR count). The van der Waals surface area contributed by atoms with Gasteiger partial charge in [0.1, 0.15) is 11.7 Å². The van der Waals surface area contributed by atoms with Crippen molar-refractivity contribution in [2.24, 2.45) is 5.92 Å². The topological polar surface area (TPSA) is 62.1 Å². The zero-order valence-corrected chi connectivity index (χ0v) is 12.3. The third-order valence-corrected chi connectivity index (χ3v) is 3.62. The van der Waals surface area contributed by atoms with Crippen LogP contribution in [0.3, 0.4) is 0 Å². The van der Waals surface area contributed by atoms with Crippen LogP contribution in [0.1, 0.15) is 24.5 Å². The van der Waals surface area contributed by atoms with Gasteiger partial charge in [0, 0.05) is 23.0 Å². The van der Waals surface area contributed by atoms with Crippen LogP contribution in [-0.4, -0.2) is 12.5 Å². The molecular formula is C14H15BrN2O2. The van der Waals surface area contributed by atoms with Gasteiger partial charge in [-0.25, -0.2) is 0 Å². The number of carbonyl (C=O) groups excluding carboxylic acids is 1. The van der Waals surface area contributed by atoms with Crippen LogP contribution in [0.15, 0.2) is 16.6 Å². The molecule has 1 atom stereocenters. The van der Waals surface area contributed by atoms with Gasteiger partial charge in [0.25, 0.3) is 0 Å². The van der Waals surface area contributed by atoms with Crippen molar-refractivity contribution < 1.29 is 9.53 Å². The number of rotatable bonds is 4. The highest BCUT2D eigenvalue weighted by Gasteiger charge is 2.19. The van der Waals surface area contributed by atoms with E-state index in [1.165, 1.54) is 0 Å². The number of nitriles is 1. The molecule has 1 N–H and O–H groups in total. The minimum Gasteiger partial charge on any atom is -0.493 e. The molecule has 1 amide bonds. The van der Waals surface area contributed by atoms with E-state index in [9.17, 15) is 4.79 Å². The zero-order valence-electron chi connectivity index (χ0n) is 10.7. The van der Waals surface area contributed by atoms with Crippen molar-refractivity contribution in [3.05, 3.63) is 27.7 Å². The van der Waals surface area contributed by atoms with Gasteiger partial charge >= 0.3 is 0 Å². The molecule has 1 aliphatic heterocycles. The van der Waals surface area contributed by atoms with Crippen molar-refractivity contribution in [1.82, 2.24) is 5.32 Å². The van der Waals surface area contributed by atoms with Gasteiger partial charge in [-0.05, 0) is 24.1 Å². The highest BCUT2D eigenvalue weighted by Crippen LogP contribution is 2.32. The Kier molecular flexibility index (Phi) is 4.43. The maximum absolute atomic E-state index is 11.8. The van der Waals surface area contributed by atoms with Crippen LogP contribution in [-0.2, 0) is 17.8 Å². The van der Waals surface area contributed by atoms with Crippen molar-refractivity contribution >= 4 is 21.8 Å². The lowest BCUT2D eigenvalue weighted by molar-refractivity contribution is -0.123. The summed E-state index contributed by atoms with van der Waals surface area (Å²) in [7, 11) is 0. The Morgan fingerprint density at radius 3 is 3.11 bits per heavy atom. The molecule has 1 aliphatic rings. The van der Waals surface area contributed by atoms with Gasteiger partial charge in [0.05, 0.1) is 12.7 Å². The van der Waals surface area contributed by atoms with Gasteiger partial charge in [-0.1, -0.05) is 22.9 Å². The fourth-order valence-electron chi connectivity index (χ4n) is 2.12. The van der Waals surface area contributed by atoms with Gasteiger partial charge in [-0.3, -0.25) is 4.79 Å². The Morgan fingerprint density at radius 2 is 2.42 bits per heavy atom. The standard InChI is InChI=1S/C14H15BrN2O2/c1-2-9(7-16)14(18)17-8-11-6-12(15)5-10-3-4-19-13(10)11/h5-6,9H,2-4,8H2,1H3,(H,17,18). The molecule has 0 bridgehead atoms. The molecule has 1 heterocycles. The van der Waals surface area contributed by atoms with E-state index in [1.807, 2.05) is 25.1 Å². The summed E-state index contributed by atoms with van der Waals surface area (Å²) in [6.45, 7) is 2.90. The third-order valence-electron chi connectivity index (χ3n) is 3.16. The maximum atomic E-state index is 11.8. The quantitative estimate of drug-likeness (QED) is 0.926. The lowest BCUT2D eigenvalue weighted by Crippen LogP contribution is -2.29. The molecule has 0 saturated heterocycles. The van der Waals surface area contributed by atoms with Gasteiger partial charge in [0.15, 0.2) is 0 Å². The largest absolute Gasteiger partial charge is 0.493 e. The molecule has 0 aliphatic carbocycles. The van der Waals surface area contributed by atoms with E-state index in [-0.39, 0.29) is 5.91 Å². The smallest absolute Gasteiger partial charge is 0.237 e. The maximum Gasteiger partial charge on any atom is 0.237 e. The van der Waals surface area contributed by atoms with Crippen molar-refractivity contribution in [2.45, 2.75) is 26.3 Å². The normalized spacial score (nSPS) is 14.2. The summed E-state index contributed by atoms with van der Waals surface area (Å²) < 4.78 is 6.57. The molecule has 0 fully saturated rings. The average Bonchev–Trinajstić information content (AvgIpc) is 2.85. The van der Waals surface area contributed by atoms with E-state index in [2.05, 4.69) is 21.2 Å². The molecule has 5 heteroatoms. The van der Waals surface area contributed by atoms with Crippen LogP contribution in [0.2, 0.25) is 0 Å². The first-order valence-corrected chi connectivity index (χ1v) is 7.06. The monoisotopic (exact) mass is 322 g/mol. The summed E-state index contributed by atoms with van der Waals surface area (Å²) >= 11 is 3.46. The molecule has 1 aromatic rings. The number of hydrogen-bond acceptors (Lipinski definition) is 3. The van der Waals surface area contributed by atoms with Crippen LogP contribution in [0, 0.1) is 17.2 Å². The molecule has 0 radical (unpaired) electrons. The van der Waals surface area contributed by atoms with Gasteiger partial charge in [-0.2, -0.15) is 5.26 Å². The number of nitrogens with zero attached hydrogens (tertiary/aromatic N) is 1. The van der Waals surface area contributed by atoms with E-state index in [0.29, 0.717) is 19.6 Å². The van der Waals surface area contributed by atoms with Crippen molar-refractivity contribution in [3.8, 4) is 11.8 Å². The Balaban J connectivity index is 2.09. The Hall–Kier alpha value is -1.54. The first-order valence-electron chi connectivity index (χ1n) is 6.27. The van der Waals surface area contributed by atoms with Crippen LogP contribution in [0.25, 0.3) is 0 Å². The van der Waals surface area contributed by atoms with Crippen LogP contribution >= 0.6 is 15.9 Å². The summed E-state index contributed by atoms with van der Waals surface area (Å²) in [5.74, 6) is 0.0614. The average molecular weight is 323 g/mol. The number of nitrogens with one attached hydrogen (secondary N) is 1. The van der Waals surface area contributed by atoms with Gasteiger partial charge < -0.3 is 10.1 Å². The minimum atomic E-state index is -0.582. The summed E-state index contributed by atoms with van der Waals surface area (Å²) in [5, 5.41) is 11.6. The van der Waals surface area contributed by atoms with Crippen molar-refractivity contribution in [1.29, 1.82) is 5.26 Å². The molecule has 0 saturated carbocycles. The highest BCUT2D eigenvalue weighted by atomic mass is 79.9. The molecule has 1 unspecified atom stereocenters. The Morgan fingerprint density at radius 1 is 1.63 bits per heavy atom. The number of ether oxygens (including phenoxy) is 1. The second-order valence-corrected chi connectivity index (χ2v) is 5.38. The number of halogens is 1. The first-order chi connectivity index (χ1) is 9.15. The van der Waals surface area contributed by atoms with Crippen molar-refractivity contribution in [3.63, 3.8) is 0 Å². The second-order valence-electron chi connectivity index (χ2n) is 4.46. The van der Waals surface area contributed by atoms with E-state index in [1.54, 1.807) is 0 Å². The lowest BCUT2D eigenvalue weighted by atomic mass is 10.1.